The number of nitrogens with one attached hydrogen (secondary N) is 1. The molecule has 0 aliphatic carbocycles. The molecule has 1 amide bonds. The first kappa shape index (κ1) is 18.0. The van der Waals surface area contributed by atoms with Crippen molar-refractivity contribution in [2.75, 3.05) is 18.5 Å². The van der Waals surface area contributed by atoms with Crippen molar-refractivity contribution >= 4 is 33.5 Å². The maximum absolute atomic E-state index is 12.0. The van der Waals surface area contributed by atoms with Crippen molar-refractivity contribution < 1.29 is 19.1 Å². The molecule has 0 fully saturated rings. The van der Waals surface area contributed by atoms with E-state index in [0.717, 1.165) is 15.7 Å². The molecule has 0 saturated heterocycles. The van der Waals surface area contributed by atoms with E-state index in [0.29, 0.717) is 17.9 Å². The molecule has 0 spiro atoms. The average molecular weight is 392 g/mol. The lowest BCUT2D eigenvalue weighted by Crippen LogP contribution is -2.20. The van der Waals surface area contributed by atoms with Gasteiger partial charge in [-0.25, -0.2) is 4.79 Å². The number of aryl methyl sites for hydroxylation is 1. The average Bonchev–Trinajstić information content (AvgIpc) is 2.56. The number of ether oxygens (including phenoxy) is 2. The molecule has 0 unspecified atom stereocenters. The number of hydrogen-bond donors (Lipinski definition) is 1. The minimum absolute atomic E-state index is 0.117. The van der Waals surface area contributed by atoms with Gasteiger partial charge in [0.2, 0.25) is 0 Å². The molecule has 126 valence electrons. The molecule has 1 N–H and O–H groups in total. The van der Waals surface area contributed by atoms with Gasteiger partial charge in [0.05, 0.1) is 12.2 Å². The minimum atomic E-state index is -0.382. The summed E-state index contributed by atoms with van der Waals surface area (Å²) < 4.78 is 11.3. The Morgan fingerprint density at radius 2 is 1.83 bits per heavy atom. The predicted molar refractivity (Wildman–Crippen MR) is 95.4 cm³/mol. The highest BCUT2D eigenvalue weighted by atomic mass is 79.9. The first-order valence-electron chi connectivity index (χ1n) is 7.45. The van der Waals surface area contributed by atoms with Crippen LogP contribution in [0.5, 0.6) is 5.75 Å². The third kappa shape index (κ3) is 5.09. The van der Waals surface area contributed by atoms with Crippen LogP contribution in [0.3, 0.4) is 0 Å². The molecule has 0 atom stereocenters. The lowest BCUT2D eigenvalue weighted by Gasteiger charge is -2.10. The molecule has 2 rings (SSSR count). The summed E-state index contributed by atoms with van der Waals surface area (Å²) in [6.45, 7) is 3.87. The summed E-state index contributed by atoms with van der Waals surface area (Å²) in [6.07, 6.45) is 0. The van der Waals surface area contributed by atoms with Crippen LogP contribution in [0, 0.1) is 6.92 Å². The first-order valence-corrected chi connectivity index (χ1v) is 8.25. The summed E-state index contributed by atoms with van der Waals surface area (Å²) >= 11 is 3.38. The molecule has 0 radical (unpaired) electrons. The van der Waals surface area contributed by atoms with Gasteiger partial charge in [-0.3, -0.25) is 4.79 Å². The van der Waals surface area contributed by atoms with Crippen LogP contribution in [0.4, 0.5) is 5.69 Å². The smallest absolute Gasteiger partial charge is 0.338 e. The van der Waals surface area contributed by atoms with E-state index in [-0.39, 0.29) is 18.5 Å². The van der Waals surface area contributed by atoms with Crippen molar-refractivity contribution in [2.24, 2.45) is 0 Å². The maximum atomic E-state index is 12.0. The van der Waals surface area contributed by atoms with E-state index in [9.17, 15) is 9.59 Å². The summed E-state index contributed by atoms with van der Waals surface area (Å²) in [5, 5.41) is 2.80. The van der Waals surface area contributed by atoms with Crippen molar-refractivity contribution in [1.82, 2.24) is 0 Å². The number of carbonyl (C=O) groups is 2. The van der Waals surface area contributed by atoms with Crippen molar-refractivity contribution in [3.63, 3.8) is 0 Å². The van der Waals surface area contributed by atoms with Crippen LogP contribution in [-0.2, 0) is 9.53 Å². The maximum Gasteiger partial charge on any atom is 0.338 e. The van der Waals surface area contributed by atoms with Gasteiger partial charge in [0.25, 0.3) is 5.91 Å². The third-order valence-corrected chi connectivity index (χ3v) is 3.69. The third-order valence-electron chi connectivity index (χ3n) is 3.20. The molecule has 24 heavy (non-hydrogen) atoms. The van der Waals surface area contributed by atoms with E-state index < -0.39 is 0 Å². The number of carbonyl (C=O) groups excluding carboxylic acids is 2. The second-order valence-electron chi connectivity index (χ2n) is 5.04. The number of halogens is 1. The van der Waals surface area contributed by atoms with Crippen molar-refractivity contribution in [2.45, 2.75) is 13.8 Å². The number of amides is 1. The van der Waals surface area contributed by atoms with E-state index in [1.54, 1.807) is 31.2 Å². The standard InChI is InChI=1S/C18H18BrNO4/c1-3-23-18(22)13-4-7-15(8-5-13)24-11-17(21)20-16-9-6-14(19)10-12(16)2/h4-10H,3,11H2,1-2H3,(H,20,21). The van der Waals surface area contributed by atoms with Crippen LogP contribution >= 0.6 is 15.9 Å². The van der Waals surface area contributed by atoms with Crippen LogP contribution in [0.15, 0.2) is 46.9 Å². The lowest BCUT2D eigenvalue weighted by molar-refractivity contribution is -0.118. The Hall–Kier alpha value is -2.34. The molecule has 2 aromatic carbocycles. The molecule has 0 aromatic heterocycles. The largest absolute Gasteiger partial charge is 0.484 e. The monoisotopic (exact) mass is 391 g/mol. The fourth-order valence-corrected chi connectivity index (χ4v) is 2.48. The van der Waals surface area contributed by atoms with Gasteiger partial charge in [-0.2, -0.15) is 0 Å². The van der Waals surface area contributed by atoms with Crippen LogP contribution in [0.2, 0.25) is 0 Å². The van der Waals surface area contributed by atoms with E-state index >= 15 is 0 Å². The zero-order valence-corrected chi connectivity index (χ0v) is 15.1. The predicted octanol–water partition coefficient (Wildman–Crippen LogP) is 3.95. The molecule has 0 saturated carbocycles. The number of hydrogen-bond acceptors (Lipinski definition) is 4. The van der Waals surface area contributed by atoms with Gasteiger partial charge in [-0.1, -0.05) is 15.9 Å². The SMILES string of the molecule is CCOC(=O)c1ccc(OCC(=O)Nc2ccc(Br)cc2C)cc1. The number of anilines is 1. The summed E-state index contributed by atoms with van der Waals surface area (Å²) in [5.74, 6) is -0.131. The van der Waals surface area contributed by atoms with Crippen LogP contribution in [-0.4, -0.2) is 25.1 Å². The normalized spacial score (nSPS) is 10.1. The summed E-state index contributed by atoms with van der Waals surface area (Å²) in [7, 11) is 0. The zero-order valence-electron chi connectivity index (χ0n) is 13.5. The van der Waals surface area contributed by atoms with Gasteiger partial charge in [0, 0.05) is 10.2 Å². The molecule has 0 heterocycles. The Bertz CT molecular complexity index is 728. The summed E-state index contributed by atoms with van der Waals surface area (Å²) in [4.78, 5) is 23.5. The Morgan fingerprint density at radius 1 is 1.12 bits per heavy atom. The molecule has 0 aliphatic rings. The fraction of sp³-hybridized carbons (Fsp3) is 0.222. The Labute approximate surface area is 149 Å². The van der Waals surface area contributed by atoms with E-state index in [1.165, 1.54) is 0 Å². The highest BCUT2D eigenvalue weighted by Crippen LogP contribution is 2.20. The molecular formula is C18H18BrNO4. The first-order chi connectivity index (χ1) is 11.5. The highest BCUT2D eigenvalue weighted by Gasteiger charge is 2.08. The Kier molecular flexibility index (Phi) is 6.37. The van der Waals surface area contributed by atoms with Gasteiger partial charge >= 0.3 is 5.97 Å². The number of rotatable bonds is 6. The van der Waals surface area contributed by atoms with Gasteiger partial charge in [0.15, 0.2) is 6.61 Å². The summed E-state index contributed by atoms with van der Waals surface area (Å²) in [6, 6.07) is 12.1. The zero-order chi connectivity index (χ0) is 17.5. The molecular weight excluding hydrogens is 374 g/mol. The van der Waals surface area contributed by atoms with Crippen LogP contribution in [0.25, 0.3) is 0 Å². The fourth-order valence-electron chi connectivity index (χ4n) is 2.00. The van der Waals surface area contributed by atoms with Gasteiger partial charge in [-0.05, 0) is 61.9 Å². The molecule has 5 nitrogen and oxygen atoms in total. The van der Waals surface area contributed by atoms with Gasteiger partial charge < -0.3 is 14.8 Å². The minimum Gasteiger partial charge on any atom is -0.484 e. The van der Waals surface area contributed by atoms with E-state index in [1.807, 2.05) is 25.1 Å². The Morgan fingerprint density at radius 3 is 2.46 bits per heavy atom. The van der Waals surface area contributed by atoms with E-state index in [2.05, 4.69) is 21.2 Å². The van der Waals surface area contributed by atoms with Crippen LogP contribution < -0.4 is 10.1 Å². The van der Waals surface area contributed by atoms with E-state index in [4.69, 9.17) is 9.47 Å². The van der Waals surface area contributed by atoms with Crippen molar-refractivity contribution in [1.29, 1.82) is 0 Å². The summed E-state index contributed by atoms with van der Waals surface area (Å²) in [5.41, 5.74) is 2.14. The van der Waals surface area contributed by atoms with Crippen LogP contribution in [0.1, 0.15) is 22.8 Å². The molecule has 2 aromatic rings. The highest BCUT2D eigenvalue weighted by molar-refractivity contribution is 9.10. The van der Waals surface area contributed by atoms with Gasteiger partial charge in [-0.15, -0.1) is 0 Å². The number of benzene rings is 2. The van der Waals surface area contributed by atoms with Gasteiger partial charge in [0.1, 0.15) is 5.75 Å². The topological polar surface area (TPSA) is 64.6 Å². The number of esters is 1. The Balaban J connectivity index is 1.88. The quantitative estimate of drug-likeness (QED) is 0.757. The van der Waals surface area contributed by atoms with Crippen molar-refractivity contribution in [3.8, 4) is 5.75 Å². The van der Waals surface area contributed by atoms with Crippen molar-refractivity contribution in [3.05, 3.63) is 58.1 Å². The molecule has 0 bridgehead atoms. The molecule has 6 heteroatoms. The molecule has 0 aliphatic heterocycles. The second-order valence-corrected chi connectivity index (χ2v) is 5.96. The second kappa shape index (κ2) is 8.49. The lowest BCUT2D eigenvalue weighted by atomic mass is 10.2.